The number of nitrogens with zero attached hydrogens (tertiary/aromatic N) is 2. The highest BCUT2D eigenvalue weighted by atomic mass is 35.5. The number of unbranched alkanes of at least 4 members (excludes halogenated alkanes) is 1. The zero-order valence-corrected chi connectivity index (χ0v) is 19.8. The molecule has 2 aromatic carbocycles. The second kappa shape index (κ2) is 11.5. The van der Waals surface area contributed by atoms with E-state index < -0.39 is 20.9 Å². The van der Waals surface area contributed by atoms with Crippen LogP contribution in [0.5, 0.6) is 5.75 Å². The van der Waals surface area contributed by atoms with E-state index in [-0.39, 0.29) is 40.9 Å². The summed E-state index contributed by atoms with van der Waals surface area (Å²) >= 11 is 5.84. The molecule has 0 unspecified atom stereocenters. The minimum atomic E-state index is -3.98. The Labute approximate surface area is 205 Å². The second-order valence-corrected chi connectivity index (χ2v) is 9.34. The van der Waals surface area contributed by atoms with E-state index >= 15 is 0 Å². The molecule has 3 rings (SSSR count). The van der Waals surface area contributed by atoms with Gasteiger partial charge in [0.15, 0.2) is 0 Å². The number of ether oxygens (including phenoxy) is 1. The number of halogens is 1. The Bertz CT molecular complexity index is 1320. The fraction of sp³-hybridized carbons (Fsp3) is 0.182. The Balaban J connectivity index is 1.87. The number of carboxylic acids is 1. The van der Waals surface area contributed by atoms with Crippen molar-refractivity contribution in [1.82, 2.24) is 4.98 Å². The van der Waals surface area contributed by atoms with Gasteiger partial charge in [0.2, 0.25) is 5.82 Å². The number of aliphatic carboxylic acids is 1. The summed E-state index contributed by atoms with van der Waals surface area (Å²) in [6.07, 6.45) is 2.16. The van der Waals surface area contributed by atoms with Gasteiger partial charge in [-0.3, -0.25) is 19.6 Å². The molecule has 184 valence electrons. The molecule has 3 N–H and O–H groups in total. The first-order valence-electron chi connectivity index (χ1n) is 10.3. The van der Waals surface area contributed by atoms with Gasteiger partial charge in [-0.2, -0.15) is 0 Å². The van der Waals surface area contributed by atoms with Crippen molar-refractivity contribution >= 4 is 50.5 Å². The number of nitrogens with one attached hydrogen (secondary N) is 2. The third kappa shape index (κ3) is 7.29. The van der Waals surface area contributed by atoms with Crippen molar-refractivity contribution in [3.63, 3.8) is 0 Å². The van der Waals surface area contributed by atoms with E-state index in [2.05, 4.69) is 15.0 Å². The predicted molar refractivity (Wildman–Crippen MR) is 130 cm³/mol. The molecular weight excluding hydrogens is 500 g/mol. The lowest BCUT2D eigenvalue weighted by Gasteiger charge is -2.16. The van der Waals surface area contributed by atoms with E-state index in [1.165, 1.54) is 60.8 Å². The largest absolute Gasteiger partial charge is 0.491 e. The maximum absolute atomic E-state index is 12.8. The zero-order valence-electron chi connectivity index (χ0n) is 18.2. The molecule has 0 fully saturated rings. The summed E-state index contributed by atoms with van der Waals surface area (Å²) in [5.41, 5.74) is 0.247. The van der Waals surface area contributed by atoms with Crippen molar-refractivity contribution in [2.24, 2.45) is 0 Å². The van der Waals surface area contributed by atoms with Gasteiger partial charge in [0.25, 0.3) is 10.0 Å². The van der Waals surface area contributed by atoms with Gasteiger partial charge < -0.3 is 15.2 Å². The number of hydrogen-bond donors (Lipinski definition) is 3. The number of nitro groups is 1. The average molecular weight is 521 g/mol. The summed E-state index contributed by atoms with van der Waals surface area (Å²) in [5, 5.41) is 23.3. The SMILES string of the molecule is O=C(O)CCCCOc1cc(Nc2ncccc2[N+](=O)[O-])ccc1NS(=O)(=O)c1ccc(Cl)cc1. The van der Waals surface area contributed by atoms with Crippen LogP contribution in [-0.2, 0) is 14.8 Å². The van der Waals surface area contributed by atoms with Crippen LogP contribution in [0.2, 0.25) is 5.02 Å². The van der Waals surface area contributed by atoms with Gasteiger partial charge in [-0.1, -0.05) is 11.6 Å². The number of anilines is 3. The van der Waals surface area contributed by atoms with E-state index in [9.17, 15) is 23.3 Å². The Morgan fingerprint density at radius 1 is 1.14 bits per heavy atom. The third-order valence-corrected chi connectivity index (χ3v) is 6.27. The van der Waals surface area contributed by atoms with Gasteiger partial charge in [-0.05, 0) is 55.3 Å². The topological polar surface area (TPSA) is 161 Å². The highest BCUT2D eigenvalue weighted by molar-refractivity contribution is 7.92. The average Bonchev–Trinajstić information content (AvgIpc) is 2.80. The van der Waals surface area contributed by atoms with Crippen LogP contribution in [-0.4, -0.2) is 36.0 Å². The van der Waals surface area contributed by atoms with Gasteiger partial charge in [0, 0.05) is 35.5 Å². The minimum absolute atomic E-state index is 0.000553. The van der Waals surface area contributed by atoms with Gasteiger partial charge in [-0.25, -0.2) is 13.4 Å². The van der Waals surface area contributed by atoms with Gasteiger partial charge in [0.05, 0.1) is 22.1 Å². The molecule has 1 heterocycles. The van der Waals surface area contributed by atoms with Crippen molar-refractivity contribution in [1.29, 1.82) is 0 Å². The summed E-state index contributed by atoms with van der Waals surface area (Å²) in [6.45, 7) is 0.121. The highest BCUT2D eigenvalue weighted by Crippen LogP contribution is 2.33. The Hall–Kier alpha value is -3.90. The minimum Gasteiger partial charge on any atom is -0.491 e. The molecule has 0 aliphatic rings. The zero-order chi connectivity index (χ0) is 25.4. The molecule has 35 heavy (non-hydrogen) atoms. The molecule has 11 nitrogen and oxygen atoms in total. The van der Waals surface area contributed by atoms with Crippen LogP contribution in [0, 0.1) is 10.1 Å². The second-order valence-electron chi connectivity index (χ2n) is 7.22. The van der Waals surface area contributed by atoms with Gasteiger partial charge in [-0.15, -0.1) is 0 Å². The molecule has 3 aromatic rings. The van der Waals surface area contributed by atoms with E-state index in [0.717, 1.165) is 0 Å². The van der Waals surface area contributed by atoms with E-state index in [4.69, 9.17) is 21.4 Å². The number of sulfonamides is 1. The van der Waals surface area contributed by atoms with Crippen LogP contribution in [0.15, 0.2) is 65.7 Å². The van der Waals surface area contributed by atoms with Crippen LogP contribution in [0.3, 0.4) is 0 Å². The first-order chi connectivity index (χ1) is 16.7. The molecule has 0 radical (unpaired) electrons. The van der Waals surface area contributed by atoms with Crippen molar-refractivity contribution in [2.75, 3.05) is 16.6 Å². The predicted octanol–water partition coefficient (Wildman–Crippen LogP) is 4.82. The number of rotatable bonds is 12. The highest BCUT2D eigenvalue weighted by Gasteiger charge is 2.19. The monoisotopic (exact) mass is 520 g/mol. The van der Waals surface area contributed by atoms with Crippen LogP contribution in [0.1, 0.15) is 19.3 Å². The van der Waals surface area contributed by atoms with Crippen LogP contribution >= 0.6 is 11.6 Å². The lowest BCUT2D eigenvalue weighted by atomic mass is 10.2. The number of carboxylic acid groups (broad SMARTS) is 1. The maximum atomic E-state index is 12.8. The first kappa shape index (κ1) is 25.7. The van der Waals surface area contributed by atoms with Crippen LogP contribution in [0.25, 0.3) is 0 Å². The standard InChI is InChI=1S/C22H21ClN4O7S/c23-15-6-9-17(10-7-15)35(32,33)26-18-11-8-16(14-20(18)34-13-2-1-5-21(28)29)25-22-19(27(30)31)4-3-12-24-22/h3-4,6-12,14,26H,1-2,5,13H2,(H,24,25)(H,28,29). The molecule has 0 aliphatic heterocycles. The van der Waals surface area contributed by atoms with Crippen molar-refractivity contribution in [3.05, 3.63) is 75.9 Å². The molecule has 0 atom stereocenters. The molecule has 0 bridgehead atoms. The smallest absolute Gasteiger partial charge is 0.311 e. The molecular formula is C22H21ClN4O7S. The Kier molecular flexibility index (Phi) is 8.44. The fourth-order valence-corrected chi connectivity index (χ4v) is 4.16. The molecule has 0 saturated heterocycles. The molecule has 0 aliphatic carbocycles. The molecule has 1 aromatic heterocycles. The Morgan fingerprint density at radius 3 is 2.57 bits per heavy atom. The lowest BCUT2D eigenvalue weighted by Crippen LogP contribution is -2.14. The lowest BCUT2D eigenvalue weighted by molar-refractivity contribution is -0.384. The van der Waals surface area contributed by atoms with E-state index in [1.807, 2.05) is 0 Å². The quantitative estimate of drug-likeness (QED) is 0.173. The van der Waals surface area contributed by atoms with Crippen LogP contribution in [0.4, 0.5) is 22.9 Å². The maximum Gasteiger partial charge on any atom is 0.311 e. The van der Waals surface area contributed by atoms with Gasteiger partial charge in [0.1, 0.15) is 5.75 Å². The summed E-state index contributed by atoms with van der Waals surface area (Å²) < 4.78 is 33.9. The fourth-order valence-electron chi connectivity index (χ4n) is 2.96. The molecule has 0 saturated carbocycles. The molecule has 0 amide bonds. The van der Waals surface area contributed by atoms with Gasteiger partial charge >= 0.3 is 11.7 Å². The first-order valence-corrected chi connectivity index (χ1v) is 12.2. The summed E-state index contributed by atoms with van der Waals surface area (Å²) in [6, 6.07) is 12.8. The van der Waals surface area contributed by atoms with Crippen molar-refractivity contribution < 1.29 is 28.0 Å². The molecule has 0 spiro atoms. The number of hydrogen-bond acceptors (Lipinski definition) is 8. The van der Waals surface area contributed by atoms with Crippen molar-refractivity contribution in [3.8, 4) is 5.75 Å². The summed E-state index contributed by atoms with van der Waals surface area (Å²) in [5.74, 6) is -0.787. The van der Waals surface area contributed by atoms with E-state index in [1.54, 1.807) is 0 Å². The van der Waals surface area contributed by atoms with Crippen LogP contribution < -0.4 is 14.8 Å². The molecule has 13 heteroatoms. The summed E-state index contributed by atoms with van der Waals surface area (Å²) in [4.78, 5) is 25.4. The number of pyridine rings is 1. The Morgan fingerprint density at radius 2 is 1.89 bits per heavy atom. The van der Waals surface area contributed by atoms with E-state index in [0.29, 0.717) is 23.6 Å². The summed E-state index contributed by atoms with van der Waals surface area (Å²) in [7, 11) is -3.98. The number of aromatic nitrogens is 1. The number of carbonyl (C=O) groups is 1. The third-order valence-electron chi connectivity index (χ3n) is 4.64. The van der Waals surface area contributed by atoms with Crippen molar-refractivity contribution in [2.45, 2.75) is 24.2 Å². The number of benzene rings is 2. The normalized spacial score (nSPS) is 11.0.